The van der Waals surface area contributed by atoms with Crippen molar-refractivity contribution in [2.75, 3.05) is 6.61 Å². The van der Waals surface area contributed by atoms with Crippen molar-refractivity contribution < 1.29 is 9.53 Å². The van der Waals surface area contributed by atoms with Gasteiger partial charge in [-0.25, -0.2) is 13.3 Å². The fraction of sp³-hybridized carbons (Fsp3) is 0.571. The van der Waals surface area contributed by atoms with Crippen molar-refractivity contribution in [3.63, 3.8) is 0 Å². The van der Waals surface area contributed by atoms with Gasteiger partial charge < -0.3 is 4.74 Å². The third kappa shape index (κ3) is 2.11. The van der Waals surface area contributed by atoms with E-state index in [0.717, 1.165) is 16.1 Å². The van der Waals surface area contributed by atoms with E-state index in [0.29, 0.717) is 0 Å². The van der Waals surface area contributed by atoms with Gasteiger partial charge in [-0.1, -0.05) is 0 Å². The first-order valence-electron chi connectivity index (χ1n) is 3.99. The Kier molecular flexibility index (Phi) is 3.23. The van der Waals surface area contributed by atoms with Crippen LogP contribution in [0.4, 0.5) is 0 Å². The molecule has 0 fully saturated rings. The smallest absolute Gasteiger partial charge is 0.341 e. The molecule has 14 heavy (non-hydrogen) atoms. The molecule has 0 aliphatic heterocycles. The standard InChI is InChI=1S/C7H10N2O4S/c1-3-13-5(10)4-9-6(11)8(2)14-7(9)12/h3-4H2,1-2H3. The Hall–Kier alpha value is -1.37. The molecule has 7 heteroatoms. The van der Waals surface area contributed by atoms with Crippen molar-refractivity contribution in [1.29, 1.82) is 0 Å². The molecule has 0 aliphatic rings. The van der Waals surface area contributed by atoms with Crippen molar-refractivity contribution in [3.05, 3.63) is 20.2 Å². The highest BCUT2D eigenvalue weighted by Crippen LogP contribution is 1.85. The van der Waals surface area contributed by atoms with Gasteiger partial charge in [0, 0.05) is 18.6 Å². The number of carbonyl (C=O) groups is 1. The van der Waals surface area contributed by atoms with Gasteiger partial charge >= 0.3 is 16.5 Å². The lowest BCUT2D eigenvalue weighted by molar-refractivity contribution is -0.143. The SMILES string of the molecule is CCOC(=O)Cn1c(=O)sn(C)c1=O. The van der Waals surface area contributed by atoms with E-state index in [9.17, 15) is 14.4 Å². The van der Waals surface area contributed by atoms with Crippen molar-refractivity contribution >= 4 is 17.5 Å². The van der Waals surface area contributed by atoms with Crippen LogP contribution in [0.3, 0.4) is 0 Å². The van der Waals surface area contributed by atoms with Crippen LogP contribution in [-0.2, 0) is 23.1 Å². The Bertz CT molecular complexity index is 441. The molecule has 1 aromatic rings. The van der Waals surface area contributed by atoms with Crippen LogP contribution in [0.15, 0.2) is 9.59 Å². The normalized spacial score (nSPS) is 10.1. The number of hydrogen-bond acceptors (Lipinski definition) is 5. The molecule has 0 saturated carbocycles. The molecule has 0 N–H and O–H groups in total. The van der Waals surface area contributed by atoms with Crippen LogP contribution in [0.1, 0.15) is 6.92 Å². The summed E-state index contributed by atoms with van der Waals surface area (Å²) in [5.41, 5.74) is -0.493. The first-order chi connectivity index (χ1) is 6.56. The summed E-state index contributed by atoms with van der Waals surface area (Å²) in [4.78, 5) is 33.0. The molecule has 0 aromatic carbocycles. The average molecular weight is 218 g/mol. The van der Waals surface area contributed by atoms with Crippen molar-refractivity contribution in [2.45, 2.75) is 13.5 Å². The lowest BCUT2D eigenvalue weighted by atomic mass is 10.6. The molecule has 0 aliphatic carbocycles. The lowest BCUT2D eigenvalue weighted by Crippen LogP contribution is -2.31. The molecule has 0 saturated heterocycles. The number of ether oxygens (including phenoxy) is 1. The van der Waals surface area contributed by atoms with Crippen LogP contribution in [0.25, 0.3) is 0 Å². The number of aryl methyl sites for hydroxylation is 1. The van der Waals surface area contributed by atoms with E-state index >= 15 is 0 Å². The summed E-state index contributed by atoms with van der Waals surface area (Å²) >= 11 is 0.760. The van der Waals surface area contributed by atoms with Crippen molar-refractivity contribution in [1.82, 2.24) is 8.52 Å². The summed E-state index contributed by atoms with van der Waals surface area (Å²) in [6.07, 6.45) is 0. The van der Waals surface area contributed by atoms with Crippen LogP contribution < -0.4 is 10.6 Å². The van der Waals surface area contributed by atoms with E-state index < -0.39 is 16.5 Å². The van der Waals surface area contributed by atoms with Gasteiger partial charge in [0.1, 0.15) is 6.54 Å². The summed E-state index contributed by atoms with van der Waals surface area (Å²) in [7, 11) is 1.47. The highest BCUT2D eigenvalue weighted by molar-refractivity contribution is 7.03. The van der Waals surface area contributed by atoms with Crippen LogP contribution in [0, 0.1) is 0 Å². The Labute approximate surface area is 83.5 Å². The van der Waals surface area contributed by atoms with Gasteiger partial charge in [-0.15, -0.1) is 0 Å². The zero-order valence-electron chi connectivity index (χ0n) is 7.85. The zero-order chi connectivity index (χ0) is 10.7. The fourth-order valence-corrected chi connectivity index (χ4v) is 1.57. The number of rotatable bonds is 3. The van der Waals surface area contributed by atoms with Crippen molar-refractivity contribution in [3.8, 4) is 0 Å². The summed E-state index contributed by atoms with van der Waals surface area (Å²) in [6.45, 7) is 1.58. The fourth-order valence-electron chi connectivity index (χ4n) is 0.921. The number of hydrogen-bond donors (Lipinski definition) is 0. The zero-order valence-corrected chi connectivity index (χ0v) is 8.67. The van der Waals surface area contributed by atoms with Crippen LogP contribution >= 0.6 is 11.5 Å². The van der Waals surface area contributed by atoms with Crippen LogP contribution in [-0.4, -0.2) is 21.1 Å². The lowest BCUT2D eigenvalue weighted by Gasteiger charge is -1.99. The first kappa shape index (κ1) is 10.7. The van der Waals surface area contributed by atoms with Gasteiger partial charge in [0.15, 0.2) is 0 Å². The average Bonchev–Trinajstić information content (AvgIpc) is 2.33. The van der Waals surface area contributed by atoms with E-state index in [2.05, 4.69) is 4.74 Å². The second-order valence-corrected chi connectivity index (χ2v) is 3.61. The minimum Gasteiger partial charge on any atom is -0.465 e. The van der Waals surface area contributed by atoms with E-state index in [1.807, 2.05) is 0 Å². The summed E-state index contributed by atoms with van der Waals surface area (Å²) in [5, 5.41) is 0. The number of aromatic nitrogens is 2. The van der Waals surface area contributed by atoms with Gasteiger partial charge in [-0.05, 0) is 6.92 Å². The van der Waals surface area contributed by atoms with Gasteiger partial charge in [0.2, 0.25) is 0 Å². The second-order valence-electron chi connectivity index (χ2n) is 2.53. The maximum Gasteiger partial charge on any atom is 0.341 e. The maximum atomic E-state index is 11.3. The van der Waals surface area contributed by atoms with Gasteiger partial charge in [0.25, 0.3) is 0 Å². The highest BCUT2D eigenvalue weighted by Gasteiger charge is 2.11. The van der Waals surface area contributed by atoms with Crippen LogP contribution in [0.2, 0.25) is 0 Å². The molecule has 1 aromatic heterocycles. The monoisotopic (exact) mass is 218 g/mol. The number of carbonyl (C=O) groups excluding carboxylic acids is 1. The molecule has 1 heterocycles. The second kappa shape index (κ2) is 4.23. The maximum absolute atomic E-state index is 11.3. The van der Waals surface area contributed by atoms with E-state index in [-0.39, 0.29) is 13.2 Å². The quantitative estimate of drug-likeness (QED) is 0.621. The highest BCUT2D eigenvalue weighted by atomic mass is 32.1. The van der Waals surface area contributed by atoms with E-state index in [1.165, 1.54) is 11.0 Å². The Morgan fingerprint density at radius 2 is 2.14 bits per heavy atom. The van der Waals surface area contributed by atoms with E-state index in [4.69, 9.17) is 0 Å². The molecule has 6 nitrogen and oxygen atoms in total. The summed E-state index contributed by atoms with van der Waals surface area (Å²) < 4.78 is 6.64. The van der Waals surface area contributed by atoms with Crippen molar-refractivity contribution in [2.24, 2.45) is 7.05 Å². The van der Waals surface area contributed by atoms with Gasteiger partial charge in [-0.2, -0.15) is 0 Å². The summed E-state index contributed by atoms with van der Waals surface area (Å²) in [5.74, 6) is -0.579. The molecule has 0 spiro atoms. The Balaban J connectivity index is 2.92. The molecule has 0 radical (unpaired) electrons. The minimum atomic E-state index is -0.579. The number of nitrogens with zero attached hydrogens (tertiary/aromatic N) is 2. The third-order valence-electron chi connectivity index (χ3n) is 1.53. The predicted molar refractivity (Wildman–Crippen MR) is 50.5 cm³/mol. The van der Waals surface area contributed by atoms with Gasteiger partial charge in [0.05, 0.1) is 6.61 Å². The molecule has 0 bridgehead atoms. The molecule has 0 amide bonds. The Morgan fingerprint density at radius 1 is 1.50 bits per heavy atom. The molecule has 78 valence electrons. The largest absolute Gasteiger partial charge is 0.465 e. The minimum absolute atomic E-state index is 0.234. The molecular formula is C7H10N2O4S. The van der Waals surface area contributed by atoms with Gasteiger partial charge in [-0.3, -0.25) is 9.59 Å². The number of esters is 1. The molecule has 0 unspecified atom stereocenters. The first-order valence-corrected chi connectivity index (χ1v) is 4.76. The topological polar surface area (TPSA) is 70.3 Å². The molecular weight excluding hydrogens is 208 g/mol. The molecule has 1 rings (SSSR count). The summed E-state index contributed by atoms with van der Waals surface area (Å²) in [6, 6.07) is 0. The van der Waals surface area contributed by atoms with E-state index in [1.54, 1.807) is 6.92 Å². The van der Waals surface area contributed by atoms with Crippen LogP contribution in [0.5, 0.6) is 0 Å². The predicted octanol–water partition coefficient (Wildman–Crippen LogP) is -0.828. The third-order valence-corrected chi connectivity index (χ3v) is 2.33. The Morgan fingerprint density at radius 3 is 2.57 bits per heavy atom. The molecule has 0 atom stereocenters.